The second kappa shape index (κ2) is 12.8. The van der Waals surface area contributed by atoms with Crippen molar-refractivity contribution in [3.05, 3.63) is 25.3 Å². The highest BCUT2D eigenvalue weighted by Crippen LogP contribution is 2.03. The number of rotatable bonds is 13. The number of ether oxygens (including phenoxy) is 4. The summed E-state index contributed by atoms with van der Waals surface area (Å²) in [5.74, 6) is -1.27. The van der Waals surface area contributed by atoms with Crippen molar-refractivity contribution >= 4 is 11.9 Å². The fraction of sp³-hybridized carbons (Fsp3) is 0.600. The standard InChI is InChI=1S/C15H24O8/c1-4-13(18)20-7-11(16)9-22-15(6-3)23-10-12(17)8-21-14(19)5-2/h4-5,11-12,15-17H,1-2,6-10H2,3H3. The quantitative estimate of drug-likeness (QED) is 0.274. The maximum absolute atomic E-state index is 10.8. The lowest BCUT2D eigenvalue weighted by molar-refractivity contribution is -0.180. The molecule has 0 saturated heterocycles. The van der Waals surface area contributed by atoms with Crippen molar-refractivity contribution in [2.24, 2.45) is 0 Å². The zero-order valence-electron chi connectivity index (χ0n) is 13.2. The van der Waals surface area contributed by atoms with Crippen molar-refractivity contribution in [1.82, 2.24) is 0 Å². The zero-order valence-corrected chi connectivity index (χ0v) is 13.2. The monoisotopic (exact) mass is 332 g/mol. The van der Waals surface area contributed by atoms with Gasteiger partial charge in [0, 0.05) is 12.2 Å². The summed E-state index contributed by atoms with van der Waals surface area (Å²) in [7, 11) is 0. The van der Waals surface area contributed by atoms with Crippen LogP contribution in [-0.2, 0) is 28.5 Å². The van der Waals surface area contributed by atoms with Gasteiger partial charge in [-0.15, -0.1) is 0 Å². The predicted octanol–water partition coefficient (Wildman–Crippen LogP) is -0.0641. The van der Waals surface area contributed by atoms with Gasteiger partial charge in [-0.25, -0.2) is 9.59 Å². The Morgan fingerprint density at radius 1 is 0.913 bits per heavy atom. The molecule has 0 aromatic rings. The van der Waals surface area contributed by atoms with Crippen LogP contribution in [0.1, 0.15) is 13.3 Å². The molecule has 132 valence electrons. The van der Waals surface area contributed by atoms with Gasteiger partial charge < -0.3 is 29.2 Å². The average Bonchev–Trinajstić information content (AvgIpc) is 2.57. The highest BCUT2D eigenvalue weighted by atomic mass is 16.7. The Morgan fingerprint density at radius 2 is 1.30 bits per heavy atom. The van der Waals surface area contributed by atoms with Gasteiger partial charge in [-0.1, -0.05) is 20.1 Å². The van der Waals surface area contributed by atoms with Crippen LogP contribution in [0.4, 0.5) is 0 Å². The maximum Gasteiger partial charge on any atom is 0.330 e. The molecule has 0 aromatic heterocycles. The molecule has 8 nitrogen and oxygen atoms in total. The molecule has 0 amide bonds. The van der Waals surface area contributed by atoms with Gasteiger partial charge in [-0.3, -0.25) is 0 Å². The fourth-order valence-corrected chi connectivity index (χ4v) is 1.29. The molecule has 23 heavy (non-hydrogen) atoms. The van der Waals surface area contributed by atoms with Gasteiger partial charge in [0.25, 0.3) is 0 Å². The van der Waals surface area contributed by atoms with Gasteiger partial charge in [-0.05, 0) is 6.42 Å². The molecule has 0 aromatic carbocycles. The van der Waals surface area contributed by atoms with E-state index in [-0.39, 0.29) is 26.4 Å². The number of carbonyl (C=O) groups excluding carboxylic acids is 2. The van der Waals surface area contributed by atoms with E-state index < -0.39 is 30.4 Å². The normalized spacial score (nSPS) is 14.4. The molecule has 8 heteroatoms. The summed E-state index contributed by atoms with van der Waals surface area (Å²) < 4.78 is 19.9. The lowest BCUT2D eigenvalue weighted by Crippen LogP contribution is -2.31. The molecule has 0 fully saturated rings. The first-order chi connectivity index (χ1) is 10.9. The molecule has 0 saturated carbocycles. The minimum absolute atomic E-state index is 0.107. The van der Waals surface area contributed by atoms with Crippen LogP contribution < -0.4 is 0 Å². The Kier molecular flexibility index (Phi) is 11.8. The van der Waals surface area contributed by atoms with E-state index in [1.165, 1.54) is 0 Å². The molecule has 0 spiro atoms. The van der Waals surface area contributed by atoms with E-state index >= 15 is 0 Å². The third-order valence-corrected chi connectivity index (χ3v) is 2.45. The zero-order chi connectivity index (χ0) is 17.7. The van der Waals surface area contributed by atoms with Gasteiger partial charge in [0.2, 0.25) is 0 Å². The third-order valence-electron chi connectivity index (χ3n) is 2.45. The fourth-order valence-electron chi connectivity index (χ4n) is 1.29. The van der Waals surface area contributed by atoms with Crippen molar-refractivity contribution in [2.75, 3.05) is 26.4 Å². The number of aliphatic hydroxyl groups is 2. The molecule has 2 atom stereocenters. The minimum atomic E-state index is -1.00. The summed E-state index contributed by atoms with van der Waals surface area (Å²) in [6, 6.07) is 0. The van der Waals surface area contributed by atoms with Gasteiger partial charge in [-0.2, -0.15) is 0 Å². The third kappa shape index (κ3) is 11.5. The van der Waals surface area contributed by atoms with E-state index in [0.29, 0.717) is 6.42 Å². The molecule has 2 N–H and O–H groups in total. The Bertz CT molecular complexity index is 348. The van der Waals surface area contributed by atoms with Crippen molar-refractivity contribution in [2.45, 2.75) is 31.8 Å². The molecular weight excluding hydrogens is 308 g/mol. The number of aliphatic hydroxyl groups excluding tert-OH is 2. The lowest BCUT2D eigenvalue weighted by Gasteiger charge is -2.20. The highest BCUT2D eigenvalue weighted by molar-refractivity contribution is 5.81. The van der Waals surface area contributed by atoms with Crippen LogP contribution in [0.5, 0.6) is 0 Å². The van der Waals surface area contributed by atoms with E-state index in [0.717, 1.165) is 12.2 Å². The summed E-state index contributed by atoms with van der Waals surface area (Å²) in [5, 5.41) is 19.2. The molecule has 0 heterocycles. The maximum atomic E-state index is 10.8. The van der Waals surface area contributed by atoms with E-state index in [1.54, 1.807) is 6.92 Å². The number of carbonyl (C=O) groups is 2. The summed E-state index contributed by atoms with van der Waals surface area (Å²) in [6.45, 7) is 7.60. The first-order valence-electron chi connectivity index (χ1n) is 7.10. The first-order valence-corrected chi connectivity index (χ1v) is 7.10. The molecule has 0 radical (unpaired) electrons. The van der Waals surface area contributed by atoms with E-state index in [9.17, 15) is 19.8 Å². The Labute approximate surface area is 135 Å². The van der Waals surface area contributed by atoms with Crippen LogP contribution in [0.3, 0.4) is 0 Å². The summed E-state index contributed by atoms with van der Waals surface area (Å²) in [6.07, 6.45) is -0.217. The Morgan fingerprint density at radius 3 is 1.61 bits per heavy atom. The SMILES string of the molecule is C=CC(=O)OCC(O)COC(CC)OCC(O)COC(=O)C=C. The molecular formula is C15H24O8. The summed E-state index contributed by atoms with van der Waals surface area (Å²) in [5.41, 5.74) is 0. The molecule has 0 aliphatic heterocycles. The molecule has 0 bridgehead atoms. The van der Waals surface area contributed by atoms with Crippen LogP contribution in [0.2, 0.25) is 0 Å². The smallest absolute Gasteiger partial charge is 0.330 e. The molecule has 0 aliphatic rings. The van der Waals surface area contributed by atoms with Gasteiger partial charge in [0.15, 0.2) is 6.29 Å². The van der Waals surface area contributed by atoms with E-state index in [4.69, 9.17) is 9.47 Å². The van der Waals surface area contributed by atoms with Crippen LogP contribution >= 0.6 is 0 Å². The van der Waals surface area contributed by atoms with Gasteiger partial charge in [0.1, 0.15) is 25.4 Å². The molecule has 0 aliphatic carbocycles. The van der Waals surface area contributed by atoms with Crippen molar-refractivity contribution in [1.29, 1.82) is 0 Å². The second-order valence-corrected chi connectivity index (χ2v) is 4.48. The first kappa shape index (κ1) is 21.3. The van der Waals surface area contributed by atoms with E-state index in [1.807, 2.05) is 0 Å². The van der Waals surface area contributed by atoms with Crippen molar-refractivity contribution in [3.8, 4) is 0 Å². The number of esters is 2. The lowest BCUT2D eigenvalue weighted by atomic mass is 10.4. The Balaban J connectivity index is 3.92. The highest BCUT2D eigenvalue weighted by Gasteiger charge is 2.15. The van der Waals surface area contributed by atoms with E-state index in [2.05, 4.69) is 22.6 Å². The van der Waals surface area contributed by atoms with Crippen molar-refractivity contribution in [3.63, 3.8) is 0 Å². The van der Waals surface area contributed by atoms with Crippen molar-refractivity contribution < 1.29 is 38.7 Å². The predicted molar refractivity (Wildman–Crippen MR) is 80.3 cm³/mol. The average molecular weight is 332 g/mol. The Hall–Kier alpha value is -1.74. The van der Waals surface area contributed by atoms with Crippen LogP contribution in [0.15, 0.2) is 25.3 Å². The van der Waals surface area contributed by atoms with Crippen LogP contribution in [-0.4, -0.2) is 67.1 Å². The summed E-state index contributed by atoms with van der Waals surface area (Å²) >= 11 is 0. The topological polar surface area (TPSA) is 112 Å². The summed E-state index contributed by atoms with van der Waals surface area (Å²) in [4.78, 5) is 21.7. The molecule has 2 unspecified atom stereocenters. The minimum Gasteiger partial charge on any atom is -0.460 e. The largest absolute Gasteiger partial charge is 0.460 e. The van der Waals surface area contributed by atoms with Gasteiger partial charge >= 0.3 is 11.9 Å². The van der Waals surface area contributed by atoms with Crippen LogP contribution in [0.25, 0.3) is 0 Å². The number of hydrogen-bond donors (Lipinski definition) is 2. The second-order valence-electron chi connectivity index (χ2n) is 4.48. The molecule has 0 rings (SSSR count). The van der Waals surface area contributed by atoms with Crippen LogP contribution in [0, 0.1) is 0 Å². The van der Waals surface area contributed by atoms with Gasteiger partial charge in [0.05, 0.1) is 13.2 Å². The number of hydrogen-bond acceptors (Lipinski definition) is 8.